The topological polar surface area (TPSA) is 29.3 Å². The van der Waals surface area contributed by atoms with Crippen LogP contribution in [0.25, 0.3) is 0 Å². The summed E-state index contributed by atoms with van der Waals surface area (Å²) in [6.45, 7) is 11.1. The Morgan fingerprint density at radius 2 is 2.11 bits per heavy atom. The molecule has 2 rings (SSSR count). The van der Waals surface area contributed by atoms with Crippen molar-refractivity contribution in [1.29, 1.82) is 0 Å². The predicted octanol–water partition coefficient (Wildman–Crippen LogP) is 3.12. The summed E-state index contributed by atoms with van der Waals surface area (Å²) in [7, 11) is 0. The minimum absolute atomic E-state index is 0.260. The fourth-order valence-electron chi connectivity index (χ4n) is 2.84. The molecule has 0 spiro atoms. The van der Waals surface area contributed by atoms with E-state index < -0.39 is 0 Å². The van der Waals surface area contributed by atoms with E-state index in [9.17, 15) is 0 Å². The molecule has 1 atom stereocenters. The average molecular weight is 246 g/mol. The molecule has 2 nitrogen and oxygen atoms in total. The second-order valence-corrected chi connectivity index (χ2v) is 6.23. The number of hydrogen-bond donors (Lipinski definition) is 1. The van der Waals surface area contributed by atoms with Gasteiger partial charge in [0.05, 0.1) is 0 Å². The molecule has 0 aliphatic carbocycles. The molecule has 1 aromatic carbocycles. The first-order valence-corrected chi connectivity index (χ1v) is 7.04. The van der Waals surface area contributed by atoms with Crippen LogP contribution in [0.2, 0.25) is 0 Å². The van der Waals surface area contributed by atoms with Crippen LogP contribution in [0.15, 0.2) is 18.2 Å². The molecule has 1 unspecified atom stereocenters. The molecule has 0 aromatic heterocycles. The van der Waals surface area contributed by atoms with E-state index in [1.807, 2.05) is 0 Å². The van der Waals surface area contributed by atoms with E-state index in [1.54, 1.807) is 0 Å². The summed E-state index contributed by atoms with van der Waals surface area (Å²) in [5.74, 6) is 0. The van der Waals surface area contributed by atoms with Gasteiger partial charge in [-0.15, -0.1) is 0 Å². The van der Waals surface area contributed by atoms with Gasteiger partial charge in [0.2, 0.25) is 0 Å². The lowest BCUT2D eigenvalue weighted by atomic mass is 9.78. The third-order valence-electron chi connectivity index (χ3n) is 4.47. The van der Waals surface area contributed by atoms with Crippen LogP contribution in [0, 0.1) is 12.3 Å². The first kappa shape index (κ1) is 13.4. The Bertz CT molecular complexity index is 423. The highest BCUT2D eigenvalue weighted by Gasteiger charge is 2.33. The third-order valence-corrected chi connectivity index (χ3v) is 4.47. The van der Waals surface area contributed by atoms with Gasteiger partial charge in [0.1, 0.15) is 0 Å². The SMILES string of the molecule is CCc1cccc(C)c1N1CCC(C)(C)C(N)C1. The molecule has 1 fully saturated rings. The number of rotatable bonds is 2. The summed E-state index contributed by atoms with van der Waals surface area (Å²) < 4.78 is 0. The maximum atomic E-state index is 6.34. The van der Waals surface area contributed by atoms with Gasteiger partial charge in [-0.2, -0.15) is 0 Å². The van der Waals surface area contributed by atoms with Gasteiger partial charge < -0.3 is 10.6 Å². The molecule has 100 valence electrons. The molecular weight excluding hydrogens is 220 g/mol. The van der Waals surface area contributed by atoms with Crippen molar-refractivity contribution in [2.45, 2.75) is 46.6 Å². The second kappa shape index (κ2) is 4.93. The lowest BCUT2D eigenvalue weighted by molar-refractivity contribution is 0.235. The molecule has 0 bridgehead atoms. The summed E-state index contributed by atoms with van der Waals surface area (Å²) in [5.41, 5.74) is 10.9. The summed E-state index contributed by atoms with van der Waals surface area (Å²) in [4.78, 5) is 2.49. The third kappa shape index (κ3) is 2.39. The van der Waals surface area contributed by atoms with E-state index in [0.29, 0.717) is 0 Å². The molecule has 0 radical (unpaired) electrons. The monoisotopic (exact) mass is 246 g/mol. The van der Waals surface area contributed by atoms with Crippen LogP contribution in [0.5, 0.6) is 0 Å². The number of aryl methyl sites for hydroxylation is 2. The van der Waals surface area contributed by atoms with Gasteiger partial charge >= 0.3 is 0 Å². The van der Waals surface area contributed by atoms with Crippen molar-refractivity contribution < 1.29 is 0 Å². The molecular formula is C16H26N2. The van der Waals surface area contributed by atoms with Crippen LogP contribution < -0.4 is 10.6 Å². The average Bonchev–Trinajstić information content (AvgIpc) is 2.33. The lowest BCUT2D eigenvalue weighted by Crippen LogP contribution is -2.53. The Morgan fingerprint density at radius 3 is 2.72 bits per heavy atom. The number of anilines is 1. The van der Waals surface area contributed by atoms with Crippen molar-refractivity contribution in [3.05, 3.63) is 29.3 Å². The zero-order chi connectivity index (χ0) is 13.3. The largest absolute Gasteiger partial charge is 0.370 e. The normalized spacial score (nSPS) is 23.2. The molecule has 1 aromatic rings. The molecule has 2 N–H and O–H groups in total. The Labute approximate surface area is 111 Å². The Kier molecular flexibility index (Phi) is 3.67. The smallest absolute Gasteiger partial charge is 0.0428 e. The Hall–Kier alpha value is -1.02. The van der Waals surface area contributed by atoms with Crippen LogP contribution in [-0.4, -0.2) is 19.1 Å². The van der Waals surface area contributed by atoms with Gasteiger partial charge in [0, 0.05) is 24.8 Å². The van der Waals surface area contributed by atoms with Crippen LogP contribution in [-0.2, 0) is 6.42 Å². The van der Waals surface area contributed by atoms with Crippen LogP contribution in [0.1, 0.15) is 38.3 Å². The van der Waals surface area contributed by atoms with E-state index in [-0.39, 0.29) is 11.5 Å². The van der Waals surface area contributed by atoms with Crippen molar-refractivity contribution in [2.24, 2.45) is 11.1 Å². The lowest BCUT2D eigenvalue weighted by Gasteiger charge is -2.44. The molecule has 1 heterocycles. The van der Waals surface area contributed by atoms with Gasteiger partial charge in [-0.1, -0.05) is 39.0 Å². The second-order valence-electron chi connectivity index (χ2n) is 6.23. The zero-order valence-corrected chi connectivity index (χ0v) is 12.2. The Morgan fingerprint density at radius 1 is 1.39 bits per heavy atom. The van der Waals surface area contributed by atoms with Crippen LogP contribution in [0.3, 0.4) is 0 Å². The van der Waals surface area contributed by atoms with Crippen LogP contribution in [0.4, 0.5) is 5.69 Å². The fourth-order valence-corrected chi connectivity index (χ4v) is 2.84. The zero-order valence-electron chi connectivity index (χ0n) is 12.2. The fraction of sp³-hybridized carbons (Fsp3) is 0.625. The van der Waals surface area contributed by atoms with Gasteiger partial charge in [0.15, 0.2) is 0 Å². The summed E-state index contributed by atoms with van der Waals surface area (Å²) in [6, 6.07) is 6.87. The first-order chi connectivity index (χ1) is 8.45. The van der Waals surface area contributed by atoms with E-state index in [4.69, 9.17) is 5.73 Å². The molecule has 2 heteroatoms. The van der Waals surface area contributed by atoms with Crippen molar-refractivity contribution in [3.63, 3.8) is 0 Å². The number of nitrogens with zero attached hydrogens (tertiary/aromatic N) is 1. The van der Waals surface area contributed by atoms with E-state index in [2.05, 4.69) is 50.8 Å². The number of piperidine rings is 1. The van der Waals surface area contributed by atoms with Gasteiger partial charge in [-0.05, 0) is 36.3 Å². The quantitative estimate of drug-likeness (QED) is 0.868. The number of hydrogen-bond acceptors (Lipinski definition) is 2. The van der Waals surface area contributed by atoms with Crippen molar-refractivity contribution in [1.82, 2.24) is 0 Å². The molecule has 18 heavy (non-hydrogen) atoms. The summed E-state index contributed by atoms with van der Waals surface area (Å²) in [6.07, 6.45) is 2.26. The van der Waals surface area contributed by atoms with Crippen molar-refractivity contribution in [2.75, 3.05) is 18.0 Å². The standard InChI is InChI=1S/C16H26N2/c1-5-13-8-6-7-12(2)15(13)18-10-9-16(3,4)14(17)11-18/h6-8,14H,5,9-11,17H2,1-4H3. The molecule has 0 saturated carbocycles. The minimum Gasteiger partial charge on any atom is -0.370 e. The maximum Gasteiger partial charge on any atom is 0.0428 e. The molecule has 1 saturated heterocycles. The van der Waals surface area contributed by atoms with E-state index in [0.717, 1.165) is 19.5 Å². The van der Waals surface area contributed by atoms with Gasteiger partial charge in [-0.3, -0.25) is 0 Å². The number of para-hydroxylation sites is 1. The summed E-state index contributed by atoms with van der Waals surface area (Å²) >= 11 is 0. The highest BCUT2D eigenvalue weighted by Crippen LogP contribution is 2.34. The van der Waals surface area contributed by atoms with E-state index in [1.165, 1.54) is 23.2 Å². The van der Waals surface area contributed by atoms with E-state index >= 15 is 0 Å². The Balaban J connectivity index is 2.28. The highest BCUT2D eigenvalue weighted by molar-refractivity contribution is 5.60. The van der Waals surface area contributed by atoms with Gasteiger partial charge in [-0.25, -0.2) is 0 Å². The molecule has 1 aliphatic rings. The van der Waals surface area contributed by atoms with Gasteiger partial charge in [0.25, 0.3) is 0 Å². The maximum absolute atomic E-state index is 6.34. The molecule has 1 aliphatic heterocycles. The minimum atomic E-state index is 0.260. The van der Waals surface area contributed by atoms with Crippen molar-refractivity contribution in [3.8, 4) is 0 Å². The number of nitrogens with two attached hydrogens (primary N) is 1. The summed E-state index contributed by atoms with van der Waals surface area (Å²) in [5, 5.41) is 0. The highest BCUT2D eigenvalue weighted by atomic mass is 15.2. The number of benzene rings is 1. The predicted molar refractivity (Wildman–Crippen MR) is 79.1 cm³/mol. The molecule has 0 amide bonds. The van der Waals surface area contributed by atoms with Crippen molar-refractivity contribution >= 4 is 5.69 Å². The van der Waals surface area contributed by atoms with Crippen LogP contribution >= 0.6 is 0 Å². The first-order valence-electron chi connectivity index (χ1n) is 7.04.